The summed E-state index contributed by atoms with van der Waals surface area (Å²) in [5, 5.41) is 5.60. The van der Waals surface area contributed by atoms with Crippen LogP contribution in [0.5, 0.6) is 5.75 Å². The molecule has 1 aromatic carbocycles. The summed E-state index contributed by atoms with van der Waals surface area (Å²) in [7, 11) is 0. The van der Waals surface area contributed by atoms with Crippen molar-refractivity contribution in [2.45, 2.75) is 38.6 Å². The number of ether oxygens (including phenoxy) is 1. The minimum Gasteiger partial charge on any atom is -0.483 e. The van der Waals surface area contributed by atoms with E-state index in [1.165, 1.54) is 50.1 Å². The number of carbonyl (C=O) groups is 1. The molecule has 0 unspecified atom stereocenters. The Bertz CT molecular complexity index is 1140. The van der Waals surface area contributed by atoms with E-state index in [1.807, 2.05) is 25.1 Å². The third-order valence-electron chi connectivity index (χ3n) is 6.48. The predicted octanol–water partition coefficient (Wildman–Crippen LogP) is 4.74. The number of anilines is 2. The largest absolute Gasteiger partial charge is 0.483 e. The molecule has 2 aromatic heterocycles. The lowest BCUT2D eigenvalue weighted by molar-refractivity contribution is -0.118. The van der Waals surface area contributed by atoms with Gasteiger partial charge in [-0.1, -0.05) is 11.6 Å². The summed E-state index contributed by atoms with van der Waals surface area (Å²) in [5.74, 6) is 1.17. The summed E-state index contributed by atoms with van der Waals surface area (Å²) in [5.41, 5.74) is 2.50. The van der Waals surface area contributed by atoms with Gasteiger partial charge in [0.05, 0.1) is 15.5 Å². The molecule has 0 saturated carbocycles. The third kappa shape index (κ3) is 5.23. The average molecular weight is 486 g/mol. The zero-order valence-electron chi connectivity index (χ0n) is 18.7. The second-order valence-corrected chi connectivity index (χ2v) is 10.3. The predicted molar refractivity (Wildman–Crippen MR) is 134 cm³/mol. The highest BCUT2D eigenvalue weighted by molar-refractivity contribution is 7.14. The number of thiophene rings is 1. The van der Waals surface area contributed by atoms with Gasteiger partial charge in [-0.3, -0.25) is 4.79 Å². The van der Waals surface area contributed by atoms with Gasteiger partial charge in [-0.25, -0.2) is 9.97 Å². The number of aryl methyl sites for hydroxylation is 1. The summed E-state index contributed by atoms with van der Waals surface area (Å²) < 4.78 is 6.11. The van der Waals surface area contributed by atoms with Gasteiger partial charge in [-0.2, -0.15) is 0 Å². The number of fused-ring (bicyclic) bond motifs is 1. The fourth-order valence-electron chi connectivity index (χ4n) is 4.74. The second-order valence-electron chi connectivity index (χ2n) is 8.73. The molecule has 2 aliphatic heterocycles. The molecular formula is C24H28ClN5O2S. The first-order valence-corrected chi connectivity index (χ1v) is 12.7. The topological polar surface area (TPSA) is 70.6 Å². The summed E-state index contributed by atoms with van der Waals surface area (Å²) in [6.07, 6.45) is 5.02. The van der Waals surface area contributed by atoms with E-state index in [0.717, 1.165) is 35.6 Å². The summed E-state index contributed by atoms with van der Waals surface area (Å²) in [4.78, 5) is 26.9. The van der Waals surface area contributed by atoms with Gasteiger partial charge in [0, 0.05) is 41.7 Å². The first-order valence-electron chi connectivity index (χ1n) is 11.5. The first-order chi connectivity index (χ1) is 16.0. The fraction of sp³-hybridized carbons (Fsp3) is 0.458. The molecule has 0 atom stereocenters. The van der Waals surface area contributed by atoms with Crippen LogP contribution in [0.15, 0.2) is 29.6 Å². The van der Waals surface area contributed by atoms with Crippen LogP contribution in [0.3, 0.4) is 0 Å². The van der Waals surface area contributed by atoms with Crippen LogP contribution in [-0.4, -0.2) is 59.6 Å². The molecule has 5 rings (SSSR count). The van der Waals surface area contributed by atoms with Crippen LogP contribution in [-0.2, 0) is 4.79 Å². The van der Waals surface area contributed by atoms with E-state index in [-0.39, 0.29) is 12.5 Å². The van der Waals surface area contributed by atoms with Crippen molar-refractivity contribution in [2.24, 2.45) is 0 Å². The number of benzene rings is 1. The Labute approximate surface area is 202 Å². The van der Waals surface area contributed by atoms with Gasteiger partial charge in [-0.15, -0.1) is 11.3 Å². The summed E-state index contributed by atoms with van der Waals surface area (Å²) in [6.45, 7) is 6.42. The van der Waals surface area contributed by atoms with Gasteiger partial charge >= 0.3 is 0 Å². The van der Waals surface area contributed by atoms with Gasteiger partial charge in [0.1, 0.15) is 5.75 Å². The van der Waals surface area contributed by atoms with Gasteiger partial charge in [0.25, 0.3) is 5.91 Å². The monoisotopic (exact) mass is 485 g/mol. The lowest BCUT2D eigenvalue weighted by Gasteiger charge is -2.36. The van der Waals surface area contributed by atoms with Crippen LogP contribution < -0.4 is 15.0 Å². The average Bonchev–Trinajstić information content (AvgIpc) is 3.50. The number of carbonyl (C=O) groups excluding carboxylic acids is 1. The van der Waals surface area contributed by atoms with Crippen LogP contribution in [0.4, 0.5) is 11.6 Å². The van der Waals surface area contributed by atoms with Gasteiger partial charge in [0.15, 0.2) is 6.61 Å². The Kier molecular flexibility index (Phi) is 6.66. The summed E-state index contributed by atoms with van der Waals surface area (Å²) in [6, 6.07) is 8.14. The molecule has 0 spiro atoms. The van der Waals surface area contributed by atoms with Crippen LogP contribution in [0.1, 0.15) is 31.4 Å². The van der Waals surface area contributed by atoms with E-state index in [9.17, 15) is 4.79 Å². The number of hydrogen-bond acceptors (Lipinski definition) is 7. The standard InChI is InChI=1S/C24H28ClN5O2S/c1-16-20-12-17(27-23(31)14-32-19-13-22(25)33-15-19)4-5-21(20)28-24(26-16)30-10-6-18(7-11-30)29-8-2-3-9-29/h4-5,12-13,15,18H,2-3,6-11,14H2,1H3,(H,27,31). The summed E-state index contributed by atoms with van der Waals surface area (Å²) >= 11 is 7.26. The number of halogens is 1. The molecule has 4 heterocycles. The van der Waals surface area contributed by atoms with Gasteiger partial charge < -0.3 is 19.9 Å². The highest BCUT2D eigenvalue weighted by Gasteiger charge is 2.27. The number of likely N-dealkylation sites (tertiary alicyclic amines) is 1. The molecule has 174 valence electrons. The maximum absolute atomic E-state index is 12.3. The first kappa shape index (κ1) is 22.4. The number of aromatic nitrogens is 2. The molecule has 33 heavy (non-hydrogen) atoms. The number of amides is 1. The molecule has 2 fully saturated rings. The Morgan fingerprint density at radius 2 is 1.97 bits per heavy atom. The Hall–Kier alpha value is -2.42. The van der Waals surface area contributed by atoms with Crippen molar-refractivity contribution in [1.29, 1.82) is 0 Å². The van der Waals surface area contributed by atoms with E-state index < -0.39 is 0 Å². The lowest BCUT2D eigenvalue weighted by atomic mass is 10.0. The van der Waals surface area contributed by atoms with E-state index in [4.69, 9.17) is 26.3 Å². The minimum absolute atomic E-state index is 0.0765. The van der Waals surface area contributed by atoms with Crippen molar-refractivity contribution in [1.82, 2.24) is 14.9 Å². The minimum atomic E-state index is -0.229. The van der Waals surface area contributed by atoms with Crippen LogP contribution in [0.2, 0.25) is 4.34 Å². The highest BCUT2D eigenvalue weighted by Crippen LogP contribution is 2.27. The van der Waals surface area contributed by atoms with Crippen molar-refractivity contribution in [2.75, 3.05) is 43.0 Å². The maximum atomic E-state index is 12.3. The number of piperidine rings is 1. The molecule has 2 aliphatic rings. The van der Waals surface area contributed by atoms with Crippen LogP contribution in [0, 0.1) is 6.92 Å². The number of nitrogens with one attached hydrogen (secondary N) is 1. The normalized spacial score (nSPS) is 17.6. The van der Waals surface area contributed by atoms with Crippen LogP contribution in [0.25, 0.3) is 10.9 Å². The maximum Gasteiger partial charge on any atom is 0.262 e. The van der Waals surface area contributed by atoms with Crippen molar-refractivity contribution < 1.29 is 9.53 Å². The van der Waals surface area contributed by atoms with E-state index >= 15 is 0 Å². The highest BCUT2D eigenvalue weighted by atomic mass is 35.5. The molecule has 9 heteroatoms. The van der Waals surface area contributed by atoms with Gasteiger partial charge in [0.2, 0.25) is 5.95 Å². The Balaban J connectivity index is 1.22. The van der Waals surface area contributed by atoms with Crippen molar-refractivity contribution >= 4 is 51.4 Å². The molecule has 1 amide bonds. The van der Waals surface area contributed by atoms with Crippen molar-refractivity contribution in [3.05, 3.63) is 39.7 Å². The molecule has 3 aromatic rings. The smallest absolute Gasteiger partial charge is 0.262 e. The number of nitrogens with zero attached hydrogens (tertiary/aromatic N) is 4. The zero-order chi connectivity index (χ0) is 22.8. The second kappa shape index (κ2) is 9.83. The van der Waals surface area contributed by atoms with E-state index in [1.54, 1.807) is 11.4 Å². The quantitative estimate of drug-likeness (QED) is 0.544. The molecule has 7 nitrogen and oxygen atoms in total. The van der Waals surface area contributed by atoms with Crippen molar-refractivity contribution in [3.63, 3.8) is 0 Å². The zero-order valence-corrected chi connectivity index (χ0v) is 20.3. The Morgan fingerprint density at radius 1 is 1.18 bits per heavy atom. The molecule has 2 saturated heterocycles. The number of hydrogen-bond donors (Lipinski definition) is 1. The lowest BCUT2D eigenvalue weighted by Crippen LogP contribution is -2.44. The van der Waals surface area contributed by atoms with Crippen LogP contribution >= 0.6 is 22.9 Å². The molecule has 1 N–H and O–H groups in total. The Morgan fingerprint density at radius 3 is 2.70 bits per heavy atom. The number of rotatable bonds is 6. The molecule has 0 radical (unpaired) electrons. The molecular weight excluding hydrogens is 458 g/mol. The van der Waals surface area contributed by atoms with Crippen molar-refractivity contribution in [3.8, 4) is 5.75 Å². The SMILES string of the molecule is Cc1nc(N2CCC(N3CCCC3)CC2)nc2ccc(NC(=O)COc3csc(Cl)c3)cc12. The third-order valence-corrected chi connectivity index (χ3v) is 7.55. The van der Waals surface area contributed by atoms with Gasteiger partial charge in [-0.05, 0) is 63.9 Å². The van der Waals surface area contributed by atoms with E-state index in [0.29, 0.717) is 21.8 Å². The molecule has 0 bridgehead atoms. The molecule has 0 aliphatic carbocycles. The fourth-order valence-corrected chi connectivity index (χ4v) is 5.53. The van der Waals surface area contributed by atoms with E-state index in [2.05, 4.69) is 15.1 Å².